The highest BCUT2D eigenvalue weighted by molar-refractivity contribution is 5.94. The van der Waals surface area contributed by atoms with Crippen LogP contribution < -0.4 is 4.90 Å². The molecule has 5 fully saturated rings. The number of pyridine rings is 1. The first-order valence-electron chi connectivity index (χ1n) is 15.5. The Morgan fingerprint density at radius 3 is 2.24 bits per heavy atom. The molecule has 1 aliphatic heterocycles. The Bertz CT molecular complexity index is 1360. The molecule has 0 atom stereocenters. The number of anilines is 1. The summed E-state index contributed by atoms with van der Waals surface area (Å²) >= 11 is 0. The van der Waals surface area contributed by atoms with Crippen LogP contribution in [0.1, 0.15) is 54.4 Å². The Balaban J connectivity index is 0.946. The van der Waals surface area contributed by atoms with Gasteiger partial charge < -0.3 is 14.9 Å². The monoisotopic (exact) mass is 550 g/mol. The number of piperazine rings is 1. The van der Waals surface area contributed by atoms with Gasteiger partial charge in [0.25, 0.3) is 5.91 Å². The third-order valence-corrected chi connectivity index (χ3v) is 10.4. The van der Waals surface area contributed by atoms with Gasteiger partial charge in [-0.3, -0.25) is 14.7 Å². The highest BCUT2D eigenvalue weighted by atomic mass is 16.3. The van der Waals surface area contributed by atoms with Gasteiger partial charge in [-0.1, -0.05) is 24.3 Å². The van der Waals surface area contributed by atoms with Crippen LogP contribution >= 0.6 is 0 Å². The molecule has 4 saturated carbocycles. The average Bonchev–Trinajstić information content (AvgIpc) is 2.97. The summed E-state index contributed by atoms with van der Waals surface area (Å²) in [6, 6.07) is 18.5. The van der Waals surface area contributed by atoms with E-state index in [4.69, 9.17) is 0 Å². The number of carbonyl (C=O) groups is 1. The van der Waals surface area contributed by atoms with Crippen LogP contribution in [0.2, 0.25) is 0 Å². The molecule has 1 aromatic heterocycles. The van der Waals surface area contributed by atoms with Crippen molar-refractivity contribution < 1.29 is 9.90 Å². The van der Waals surface area contributed by atoms with Crippen molar-refractivity contribution in [2.75, 3.05) is 44.7 Å². The summed E-state index contributed by atoms with van der Waals surface area (Å²) in [5.41, 5.74) is 5.67. The number of nitrogens with zero attached hydrogens (tertiary/aromatic N) is 4. The van der Waals surface area contributed by atoms with Gasteiger partial charge in [-0.25, -0.2) is 0 Å². The van der Waals surface area contributed by atoms with E-state index in [1.165, 1.54) is 56.0 Å². The molecule has 5 aliphatic rings. The number of benzene rings is 2. The Morgan fingerprint density at radius 2 is 1.59 bits per heavy atom. The van der Waals surface area contributed by atoms with Crippen molar-refractivity contribution in [3.8, 4) is 16.9 Å². The summed E-state index contributed by atoms with van der Waals surface area (Å²) < 4.78 is 0. The minimum atomic E-state index is 0.165. The summed E-state index contributed by atoms with van der Waals surface area (Å²) in [6.45, 7) is 5.64. The molecule has 4 bridgehead atoms. The molecule has 2 heterocycles. The van der Waals surface area contributed by atoms with E-state index in [-0.39, 0.29) is 11.7 Å². The molecule has 8 rings (SSSR count). The number of aromatic hydroxyl groups is 1. The van der Waals surface area contributed by atoms with Crippen LogP contribution in [0, 0.1) is 23.2 Å². The maximum atomic E-state index is 13.4. The maximum Gasteiger partial charge on any atom is 0.253 e. The summed E-state index contributed by atoms with van der Waals surface area (Å²) in [5, 5.41) is 9.91. The van der Waals surface area contributed by atoms with Gasteiger partial charge in [-0.05, 0) is 103 Å². The highest BCUT2D eigenvalue weighted by Gasteiger charge is 2.51. The Morgan fingerprint density at radius 1 is 0.927 bits per heavy atom. The van der Waals surface area contributed by atoms with Gasteiger partial charge in [0.15, 0.2) is 0 Å². The molecule has 214 valence electrons. The lowest BCUT2D eigenvalue weighted by atomic mass is 9.49. The van der Waals surface area contributed by atoms with Crippen molar-refractivity contribution >= 4 is 11.6 Å². The summed E-state index contributed by atoms with van der Waals surface area (Å²) in [7, 11) is 2.02. The van der Waals surface area contributed by atoms with Crippen molar-refractivity contribution in [3.05, 3.63) is 78.1 Å². The van der Waals surface area contributed by atoms with Crippen molar-refractivity contribution in [2.45, 2.75) is 45.1 Å². The van der Waals surface area contributed by atoms with Crippen molar-refractivity contribution in [1.82, 2.24) is 14.8 Å². The normalized spacial score (nSPS) is 27.2. The first-order chi connectivity index (χ1) is 19.9. The zero-order valence-electron chi connectivity index (χ0n) is 24.2. The van der Waals surface area contributed by atoms with Gasteiger partial charge in [0.1, 0.15) is 5.75 Å². The lowest BCUT2D eigenvalue weighted by Crippen LogP contribution is -2.51. The lowest BCUT2D eigenvalue weighted by molar-refractivity contribution is -0.0629. The molecular formula is C35H42N4O2. The van der Waals surface area contributed by atoms with Gasteiger partial charge in [-0.15, -0.1) is 0 Å². The molecule has 1 N–H and O–H groups in total. The van der Waals surface area contributed by atoms with Gasteiger partial charge in [-0.2, -0.15) is 0 Å². The first kappa shape index (κ1) is 26.5. The van der Waals surface area contributed by atoms with Crippen LogP contribution in [0.15, 0.2) is 67.0 Å². The molecule has 0 unspecified atom stereocenters. The minimum absolute atomic E-state index is 0.165. The number of hydrogen-bond donors (Lipinski definition) is 1. The van der Waals surface area contributed by atoms with Crippen LogP contribution in [0.3, 0.4) is 0 Å². The third-order valence-electron chi connectivity index (χ3n) is 10.4. The van der Waals surface area contributed by atoms with E-state index in [1.807, 2.05) is 36.3 Å². The van der Waals surface area contributed by atoms with Crippen LogP contribution in [0.4, 0.5) is 5.69 Å². The topological polar surface area (TPSA) is 59.9 Å². The molecule has 41 heavy (non-hydrogen) atoms. The second kappa shape index (κ2) is 10.8. The standard InChI is InChI=1S/C35H42N4O2/c1-37(24-35-18-25-14-26(19-35)16-27(15-25)20-35)34(41)28-6-8-31(9-7-28)39-12-10-38(11-13-39)23-29-4-2-3-5-33(29)30-17-32(40)22-36-21-30/h2-9,17,21-22,25-27,40H,10-16,18-20,23-24H2,1H3. The van der Waals surface area contributed by atoms with Gasteiger partial charge in [0.05, 0.1) is 6.20 Å². The Hall–Kier alpha value is -3.38. The molecule has 1 amide bonds. The average molecular weight is 551 g/mol. The quantitative estimate of drug-likeness (QED) is 0.387. The van der Waals surface area contributed by atoms with Crippen molar-refractivity contribution in [3.63, 3.8) is 0 Å². The molecule has 4 aliphatic carbocycles. The van der Waals surface area contributed by atoms with E-state index in [0.29, 0.717) is 5.41 Å². The van der Waals surface area contributed by atoms with E-state index in [1.54, 1.807) is 6.07 Å². The van der Waals surface area contributed by atoms with Gasteiger partial charge in [0, 0.05) is 69.3 Å². The molecule has 1 saturated heterocycles. The molecule has 0 spiro atoms. The molecule has 2 aromatic carbocycles. The van der Waals surface area contributed by atoms with Crippen molar-refractivity contribution in [1.29, 1.82) is 0 Å². The highest BCUT2D eigenvalue weighted by Crippen LogP contribution is 2.60. The van der Waals surface area contributed by atoms with E-state index < -0.39 is 0 Å². The lowest BCUT2D eigenvalue weighted by Gasteiger charge is -2.57. The maximum absolute atomic E-state index is 13.4. The predicted octanol–water partition coefficient (Wildman–Crippen LogP) is 6.06. The Labute approximate surface area is 244 Å². The largest absolute Gasteiger partial charge is 0.506 e. The zero-order chi connectivity index (χ0) is 28.0. The smallest absolute Gasteiger partial charge is 0.253 e. The fraction of sp³-hybridized carbons (Fsp3) is 0.486. The number of aromatic nitrogens is 1. The molecule has 0 radical (unpaired) electrons. The number of amides is 1. The van der Waals surface area contributed by atoms with Crippen LogP contribution in [-0.2, 0) is 6.54 Å². The Kier molecular flexibility index (Phi) is 6.98. The summed E-state index contributed by atoms with van der Waals surface area (Å²) in [5.74, 6) is 3.09. The van der Waals surface area contributed by atoms with E-state index in [2.05, 4.69) is 45.1 Å². The third kappa shape index (κ3) is 5.46. The predicted molar refractivity (Wildman–Crippen MR) is 163 cm³/mol. The van der Waals surface area contributed by atoms with Gasteiger partial charge >= 0.3 is 0 Å². The van der Waals surface area contributed by atoms with E-state index >= 15 is 0 Å². The van der Waals surface area contributed by atoms with Crippen molar-refractivity contribution in [2.24, 2.45) is 23.2 Å². The molecule has 6 heteroatoms. The second-order valence-corrected chi connectivity index (χ2v) is 13.5. The molecule has 3 aromatic rings. The SMILES string of the molecule is CN(CC12CC3CC(CC(C3)C1)C2)C(=O)c1ccc(N2CCN(Cc3ccccc3-c3cncc(O)c3)CC2)cc1. The fourth-order valence-electron chi connectivity index (χ4n) is 9.01. The number of carbonyl (C=O) groups excluding carboxylic acids is 1. The fourth-order valence-corrected chi connectivity index (χ4v) is 9.01. The molecule has 6 nitrogen and oxygen atoms in total. The number of hydrogen-bond acceptors (Lipinski definition) is 5. The summed E-state index contributed by atoms with van der Waals surface area (Å²) in [4.78, 5) is 24.5. The number of rotatable bonds is 7. The summed E-state index contributed by atoms with van der Waals surface area (Å²) in [6.07, 6.45) is 11.6. The molecular weight excluding hydrogens is 508 g/mol. The first-order valence-corrected chi connectivity index (χ1v) is 15.5. The van der Waals surface area contributed by atoms with Crippen LogP contribution in [0.25, 0.3) is 11.1 Å². The minimum Gasteiger partial charge on any atom is -0.506 e. The van der Waals surface area contributed by atoms with Crippen LogP contribution in [-0.4, -0.2) is 65.6 Å². The van der Waals surface area contributed by atoms with E-state index in [0.717, 1.165) is 73.7 Å². The van der Waals surface area contributed by atoms with Crippen LogP contribution in [0.5, 0.6) is 5.75 Å². The van der Waals surface area contributed by atoms with Gasteiger partial charge in [0.2, 0.25) is 0 Å². The van der Waals surface area contributed by atoms with E-state index in [9.17, 15) is 9.90 Å². The zero-order valence-corrected chi connectivity index (χ0v) is 24.2. The second-order valence-electron chi connectivity index (χ2n) is 13.5.